The van der Waals surface area contributed by atoms with E-state index in [9.17, 15) is 4.79 Å². The van der Waals surface area contributed by atoms with Crippen molar-refractivity contribution in [3.05, 3.63) is 27.0 Å². The lowest BCUT2D eigenvalue weighted by Gasteiger charge is -2.34. The van der Waals surface area contributed by atoms with Crippen LogP contribution in [0.3, 0.4) is 0 Å². The maximum atomic E-state index is 12.7. The van der Waals surface area contributed by atoms with E-state index in [4.69, 9.17) is 0 Å². The number of piperidine rings is 1. The molecular weight excluding hydrogens is 454 g/mol. The number of carbonyl (C=O) groups is 1. The van der Waals surface area contributed by atoms with E-state index in [1.165, 1.54) is 45.3 Å². The highest BCUT2D eigenvalue weighted by Crippen LogP contribution is 2.32. The van der Waals surface area contributed by atoms with Gasteiger partial charge in [-0.1, -0.05) is 12.8 Å². The summed E-state index contributed by atoms with van der Waals surface area (Å²) >= 11 is 6.80. The number of amides is 1. The SMILES string of the molecule is O=C(Cc1csc(-c2cc(Br)cs2)n1)N1CCC(CN2CCCCCC2)CC1. The Morgan fingerprint density at radius 1 is 1.07 bits per heavy atom. The first-order valence-corrected chi connectivity index (χ1v) is 12.9. The molecule has 2 saturated heterocycles. The van der Waals surface area contributed by atoms with Crippen LogP contribution in [-0.2, 0) is 11.2 Å². The molecule has 0 unspecified atom stereocenters. The van der Waals surface area contributed by atoms with E-state index in [-0.39, 0.29) is 5.91 Å². The molecule has 0 aliphatic carbocycles. The van der Waals surface area contributed by atoms with Gasteiger partial charge in [0.15, 0.2) is 0 Å². The first-order chi connectivity index (χ1) is 13.7. The number of likely N-dealkylation sites (tertiary alicyclic amines) is 2. The Labute approximate surface area is 184 Å². The van der Waals surface area contributed by atoms with E-state index in [1.54, 1.807) is 22.7 Å². The lowest BCUT2D eigenvalue weighted by atomic mass is 9.95. The van der Waals surface area contributed by atoms with Crippen molar-refractivity contribution in [3.63, 3.8) is 0 Å². The number of hydrogen-bond acceptors (Lipinski definition) is 5. The molecule has 2 aliphatic rings. The number of aromatic nitrogens is 1. The number of rotatable bonds is 5. The second-order valence-electron chi connectivity index (χ2n) is 7.99. The van der Waals surface area contributed by atoms with E-state index >= 15 is 0 Å². The maximum Gasteiger partial charge on any atom is 0.228 e. The standard InChI is InChI=1S/C21H28BrN3OS2/c22-17-11-19(27-14-17)21-23-18(15-28-21)12-20(26)25-9-5-16(6-10-25)13-24-7-3-1-2-4-8-24/h11,14-16H,1-10,12-13H2. The smallest absolute Gasteiger partial charge is 0.228 e. The summed E-state index contributed by atoms with van der Waals surface area (Å²) in [4.78, 5) is 23.3. The molecule has 4 nitrogen and oxygen atoms in total. The molecule has 2 fully saturated rings. The van der Waals surface area contributed by atoms with Crippen molar-refractivity contribution in [2.75, 3.05) is 32.7 Å². The van der Waals surface area contributed by atoms with Gasteiger partial charge in [0.25, 0.3) is 0 Å². The van der Waals surface area contributed by atoms with Gasteiger partial charge in [0.1, 0.15) is 5.01 Å². The van der Waals surface area contributed by atoms with Gasteiger partial charge in [0, 0.05) is 34.9 Å². The minimum absolute atomic E-state index is 0.234. The Balaban J connectivity index is 1.24. The Morgan fingerprint density at radius 3 is 2.50 bits per heavy atom. The number of thiophene rings is 1. The summed E-state index contributed by atoms with van der Waals surface area (Å²) in [5.41, 5.74) is 0.904. The van der Waals surface area contributed by atoms with Crippen LogP contribution in [0.15, 0.2) is 21.3 Å². The molecule has 28 heavy (non-hydrogen) atoms. The van der Waals surface area contributed by atoms with Crippen molar-refractivity contribution < 1.29 is 4.79 Å². The van der Waals surface area contributed by atoms with Crippen LogP contribution in [0.5, 0.6) is 0 Å². The molecular formula is C21H28BrN3OS2. The van der Waals surface area contributed by atoms with Crippen LogP contribution in [0.1, 0.15) is 44.2 Å². The third-order valence-corrected chi connectivity index (χ3v) is 8.60. The van der Waals surface area contributed by atoms with Crippen LogP contribution in [0, 0.1) is 5.92 Å². The molecule has 0 N–H and O–H groups in total. The maximum absolute atomic E-state index is 12.7. The van der Waals surface area contributed by atoms with Crippen molar-refractivity contribution in [2.24, 2.45) is 5.92 Å². The molecule has 0 saturated carbocycles. The second kappa shape index (κ2) is 9.83. The Kier molecular flexibility index (Phi) is 7.20. The molecule has 0 spiro atoms. The molecule has 4 heterocycles. The first kappa shape index (κ1) is 20.5. The van der Waals surface area contributed by atoms with Gasteiger partial charge in [-0.3, -0.25) is 4.79 Å². The normalized spacial score (nSPS) is 19.7. The zero-order valence-electron chi connectivity index (χ0n) is 16.2. The summed E-state index contributed by atoms with van der Waals surface area (Å²) in [5.74, 6) is 0.989. The summed E-state index contributed by atoms with van der Waals surface area (Å²) in [7, 11) is 0. The molecule has 7 heteroatoms. The predicted molar refractivity (Wildman–Crippen MR) is 121 cm³/mol. The van der Waals surface area contributed by atoms with Gasteiger partial charge in [0.05, 0.1) is 17.0 Å². The van der Waals surface area contributed by atoms with Gasteiger partial charge in [-0.15, -0.1) is 22.7 Å². The predicted octanol–water partition coefficient (Wildman–Crippen LogP) is 5.29. The number of halogens is 1. The molecule has 2 aliphatic heterocycles. The Morgan fingerprint density at radius 2 is 1.82 bits per heavy atom. The minimum atomic E-state index is 0.234. The van der Waals surface area contributed by atoms with E-state index in [2.05, 4.69) is 42.2 Å². The number of carbonyl (C=O) groups excluding carboxylic acids is 1. The van der Waals surface area contributed by atoms with Gasteiger partial charge < -0.3 is 9.80 Å². The lowest BCUT2D eigenvalue weighted by molar-refractivity contribution is -0.132. The Hall–Kier alpha value is -0.760. The molecule has 152 valence electrons. The Bertz CT molecular complexity index is 774. The van der Waals surface area contributed by atoms with E-state index in [0.717, 1.165) is 51.9 Å². The minimum Gasteiger partial charge on any atom is -0.342 e. The molecule has 1 amide bonds. The molecule has 2 aromatic heterocycles. The van der Waals surface area contributed by atoms with Gasteiger partial charge in [-0.2, -0.15) is 0 Å². The monoisotopic (exact) mass is 481 g/mol. The topological polar surface area (TPSA) is 36.4 Å². The number of thiazole rings is 1. The van der Waals surface area contributed by atoms with Crippen molar-refractivity contribution in [3.8, 4) is 9.88 Å². The second-order valence-corrected chi connectivity index (χ2v) is 10.7. The third-order valence-electron chi connectivity index (χ3n) is 5.84. The summed E-state index contributed by atoms with van der Waals surface area (Å²) in [5, 5.41) is 5.11. The fraction of sp³-hybridized carbons (Fsp3) is 0.619. The lowest BCUT2D eigenvalue weighted by Crippen LogP contribution is -2.42. The average molecular weight is 483 g/mol. The fourth-order valence-corrected chi connectivity index (χ4v) is 6.57. The van der Waals surface area contributed by atoms with E-state index in [1.807, 2.05) is 5.38 Å². The molecule has 4 rings (SSSR count). The zero-order chi connectivity index (χ0) is 19.3. The van der Waals surface area contributed by atoms with Crippen LogP contribution in [0.4, 0.5) is 0 Å². The van der Waals surface area contributed by atoms with Gasteiger partial charge in [0.2, 0.25) is 5.91 Å². The van der Waals surface area contributed by atoms with Crippen LogP contribution in [-0.4, -0.2) is 53.4 Å². The highest BCUT2D eigenvalue weighted by Gasteiger charge is 2.25. The number of nitrogens with zero attached hydrogens (tertiary/aromatic N) is 3. The van der Waals surface area contributed by atoms with Crippen molar-refractivity contribution in [2.45, 2.75) is 44.9 Å². The highest BCUT2D eigenvalue weighted by molar-refractivity contribution is 9.10. The molecule has 2 aromatic rings. The first-order valence-electron chi connectivity index (χ1n) is 10.4. The van der Waals surface area contributed by atoms with E-state index < -0.39 is 0 Å². The summed E-state index contributed by atoms with van der Waals surface area (Å²) in [6.45, 7) is 5.59. The quantitative estimate of drug-likeness (QED) is 0.581. The summed E-state index contributed by atoms with van der Waals surface area (Å²) < 4.78 is 1.09. The number of hydrogen-bond donors (Lipinski definition) is 0. The van der Waals surface area contributed by atoms with Gasteiger partial charge in [-0.05, 0) is 66.7 Å². The van der Waals surface area contributed by atoms with Crippen LogP contribution >= 0.6 is 38.6 Å². The molecule has 0 bridgehead atoms. The molecule has 0 atom stereocenters. The van der Waals surface area contributed by atoms with Crippen LogP contribution in [0.2, 0.25) is 0 Å². The highest BCUT2D eigenvalue weighted by atomic mass is 79.9. The zero-order valence-corrected chi connectivity index (χ0v) is 19.5. The largest absolute Gasteiger partial charge is 0.342 e. The third kappa shape index (κ3) is 5.43. The summed E-state index contributed by atoms with van der Waals surface area (Å²) in [6, 6.07) is 2.09. The van der Waals surface area contributed by atoms with Crippen molar-refractivity contribution in [1.82, 2.24) is 14.8 Å². The average Bonchev–Trinajstić information content (AvgIpc) is 3.25. The van der Waals surface area contributed by atoms with Crippen molar-refractivity contribution >= 4 is 44.5 Å². The van der Waals surface area contributed by atoms with Crippen molar-refractivity contribution in [1.29, 1.82) is 0 Å². The molecule has 0 radical (unpaired) electrons. The van der Waals surface area contributed by atoms with Crippen LogP contribution in [0.25, 0.3) is 9.88 Å². The van der Waals surface area contributed by atoms with Crippen LogP contribution < -0.4 is 0 Å². The fourth-order valence-electron chi connectivity index (χ4n) is 4.24. The summed E-state index contributed by atoms with van der Waals surface area (Å²) in [6.07, 6.45) is 8.23. The van der Waals surface area contributed by atoms with Gasteiger partial charge in [-0.25, -0.2) is 4.98 Å². The van der Waals surface area contributed by atoms with Gasteiger partial charge >= 0.3 is 0 Å². The molecule has 0 aromatic carbocycles. The van der Waals surface area contributed by atoms with E-state index in [0.29, 0.717) is 6.42 Å².